The smallest absolute Gasteiger partial charge is 0.409 e. The minimum Gasteiger partial charge on any atom is -0.481 e. The largest absolute Gasteiger partial charge is 0.481 e. The van der Waals surface area contributed by atoms with Crippen molar-refractivity contribution in [3.8, 4) is 0 Å². The summed E-state index contributed by atoms with van der Waals surface area (Å²) < 4.78 is 4.86. The summed E-state index contributed by atoms with van der Waals surface area (Å²) in [5, 5.41) is 8.49. The Morgan fingerprint density at radius 3 is 2.11 bits per heavy atom. The van der Waals surface area contributed by atoms with Gasteiger partial charge in [-0.2, -0.15) is 0 Å². The topological polar surface area (TPSA) is 87.2 Å². The van der Waals surface area contributed by atoms with Crippen molar-refractivity contribution in [2.24, 2.45) is 0 Å². The maximum absolute atomic E-state index is 11.6. The normalized spacial score (nSPS) is 15.4. The van der Waals surface area contributed by atoms with E-state index in [0.717, 1.165) is 0 Å². The average molecular weight is 258 g/mol. The van der Waals surface area contributed by atoms with Crippen LogP contribution in [0, 0.1) is 0 Å². The second-order valence-electron chi connectivity index (χ2n) is 3.96. The summed E-state index contributed by atoms with van der Waals surface area (Å²) in [5.41, 5.74) is 0. The minimum absolute atomic E-state index is 0.00867. The first kappa shape index (κ1) is 14.3. The minimum atomic E-state index is -0.978. The first-order chi connectivity index (χ1) is 8.54. The van der Waals surface area contributed by atoms with Crippen LogP contribution in [0.3, 0.4) is 0 Å². The Morgan fingerprint density at radius 2 is 1.61 bits per heavy atom. The highest BCUT2D eigenvalue weighted by atomic mass is 16.6. The highest BCUT2D eigenvalue weighted by Crippen LogP contribution is 2.06. The number of carboxylic acids is 1. The molecule has 0 radical (unpaired) electrons. The Labute approximate surface area is 105 Å². The molecule has 0 saturated carbocycles. The molecule has 0 aromatic rings. The number of hydrogen-bond acceptors (Lipinski definition) is 4. The quantitative estimate of drug-likeness (QED) is 0.775. The predicted molar refractivity (Wildman–Crippen MR) is 62.0 cm³/mol. The molecule has 102 valence electrons. The highest BCUT2D eigenvalue weighted by molar-refractivity contribution is 5.81. The van der Waals surface area contributed by atoms with E-state index >= 15 is 0 Å². The zero-order valence-electron chi connectivity index (χ0n) is 10.4. The molecule has 0 aromatic heterocycles. The molecule has 0 unspecified atom stereocenters. The van der Waals surface area contributed by atoms with Gasteiger partial charge in [-0.15, -0.1) is 0 Å². The van der Waals surface area contributed by atoms with Crippen LogP contribution in [-0.2, 0) is 14.3 Å². The molecule has 1 aliphatic rings. The fourth-order valence-corrected chi connectivity index (χ4v) is 1.73. The zero-order valence-corrected chi connectivity index (χ0v) is 10.4. The van der Waals surface area contributed by atoms with Gasteiger partial charge in [-0.05, 0) is 6.92 Å². The van der Waals surface area contributed by atoms with Crippen LogP contribution in [0.15, 0.2) is 0 Å². The molecule has 2 amide bonds. The predicted octanol–water partition coefficient (Wildman–Crippen LogP) is 0.152. The van der Waals surface area contributed by atoms with E-state index in [1.807, 2.05) is 0 Å². The molecular weight excluding hydrogens is 240 g/mol. The van der Waals surface area contributed by atoms with E-state index in [0.29, 0.717) is 32.8 Å². The number of ether oxygens (including phenoxy) is 1. The summed E-state index contributed by atoms with van der Waals surface area (Å²) in [4.78, 5) is 36.5. The molecular formula is C11H18N2O5. The number of amides is 2. The first-order valence-corrected chi connectivity index (χ1v) is 5.96. The van der Waals surface area contributed by atoms with E-state index in [2.05, 4.69) is 0 Å². The first-order valence-electron chi connectivity index (χ1n) is 5.96. The van der Waals surface area contributed by atoms with Gasteiger partial charge in [0, 0.05) is 32.6 Å². The van der Waals surface area contributed by atoms with E-state index in [1.165, 1.54) is 0 Å². The van der Waals surface area contributed by atoms with Crippen LogP contribution < -0.4 is 0 Å². The molecule has 0 atom stereocenters. The third-order valence-electron chi connectivity index (χ3n) is 2.71. The lowest BCUT2D eigenvalue weighted by Crippen LogP contribution is -2.50. The van der Waals surface area contributed by atoms with E-state index in [1.54, 1.807) is 16.7 Å². The molecule has 1 rings (SSSR count). The van der Waals surface area contributed by atoms with Crippen LogP contribution in [0.25, 0.3) is 0 Å². The van der Waals surface area contributed by atoms with Gasteiger partial charge in [-0.25, -0.2) is 4.79 Å². The van der Waals surface area contributed by atoms with Crippen molar-refractivity contribution >= 4 is 18.0 Å². The lowest BCUT2D eigenvalue weighted by atomic mass is 10.2. The van der Waals surface area contributed by atoms with Crippen LogP contribution in [0.4, 0.5) is 4.79 Å². The van der Waals surface area contributed by atoms with Gasteiger partial charge in [-0.1, -0.05) is 0 Å². The maximum atomic E-state index is 11.6. The lowest BCUT2D eigenvalue weighted by molar-refractivity contribution is -0.141. The van der Waals surface area contributed by atoms with Gasteiger partial charge >= 0.3 is 12.1 Å². The van der Waals surface area contributed by atoms with Crippen LogP contribution in [0.1, 0.15) is 19.8 Å². The molecule has 1 heterocycles. The Hall–Kier alpha value is -1.79. The molecule has 7 nitrogen and oxygen atoms in total. The number of piperazine rings is 1. The molecule has 1 saturated heterocycles. The molecule has 18 heavy (non-hydrogen) atoms. The van der Waals surface area contributed by atoms with Gasteiger partial charge in [0.1, 0.15) is 0 Å². The molecule has 0 spiro atoms. The zero-order chi connectivity index (χ0) is 13.5. The van der Waals surface area contributed by atoms with Crippen molar-refractivity contribution in [1.29, 1.82) is 0 Å². The molecule has 0 aliphatic carbocycles. The SMILES string of the molecule is CCOC(=O)N1CCN(C(=O)CCC(=O)O)CC1. The van der Waals surface area contributed by atoms with Gasteiger partial charge in [0.15, 0.2) is 0 Å². The van der Waals surface area contributed by atoms with Crippen LogP contribution in [0.5, 0.6) is 0 Å². The van der Waals surface area contributed by atoms with E-state index in [9.17, 15) is 14.4 Å². The molecule has 1 N–H and O–H groups in total. The summed E-state index contributed by atoms with van der Waals surface area (Å²) in [6.07, 6.45) is -0.513. The number of carbonyl (C=O) groups excluding carboxylic acids is 2. The second kappa shape index (κ2) is 6.83. The third-order valence-corrected chi connectivity index (χ3v) is 2.71. The number of nitrogens with zero attached hydrogens (tertiary/aromatic N) is 2. The summed E-state index contributed by atoms with van der Waals surface area (Å²) in [7, 11) is 0. The van der Waals surface area contributed by atoms with Crippen molar-refractivity contribution in [3.05, 3.63) is 0 Å². The Bertz CT molecular complexity index is 323. The van der Waals surface area contributed by atoms with Crippen LogP contribution in [0.2, 0.25) is 0 Å². The van der Waals surface area contributed by atoms with Gasteiger partial charge in [0.2, 0.25) is 5.91 Å². The average Bonchev–Trinajstić information content (AvgIpc) is 2.36. The van der Waals surface area contributed by atoms with Crippen molar-refractivity contribution in [2.75, 3.05) is 32.8 Å². The Morgan fingerprint density at radius 1 is 1.06 bits per heavy atom. The van der Waals surface area contributed by atoms with Crippen molar-refractivity contribution in [3.63, 3.8) is 0 Å². The maximum Gasteiger partial charge on any atom is 0.409 e. The molecule has 0 aromatic carbocycles. The number of aliphatic carboxylic acids is 1. The fraction of sp³-hybridized carbons (Fsp3) is 0.727. The van der Waals surface area contributed by atoms with E-state index < -0.39 is 5.97 Å². The van der Waals surface area contributed by atoms with Gasteiger partial charge in [-0.3, -0.25) is 9.59 Å². The summed E-state index contributed by atoms with van der Waals surface area (Å²) in [6.45, 7) is 3.78. The van der Waals surface area contributed by atoms with Gasteiger partial charge in [0.25, 0.3) is 0 Å². The van der Waals surface area contributed by atoms with E-state index in [4.69, 9.17) is 9.84 Å². The molecule has 0 bridgehead atoms. The summed E-state index contributed by atoms with van der Waals surface area (Å²) >= 11 is 0. The Kier molecular flexibility index (Phi) is 5.41. The van der Waals surface area contributed by atoms with Crippen LogP contribution >= 0.6 is 0 Å². The Balaban J connectivity index is 2.32. The van der Waals surface area contributed by atoms with Crippen molar-refractivity contribution < 1.29 is 24.2 Å². The fourth-order valence-electron chi connectivity index (χ4n) is 1.73. The lowest BCUT2D eigenvalue weighted by Gasteiger charge is -2.34. The summed E-state index contributed by atoms with van der Waals surface area (Å²) in [5.74, 6) is -1.16. The number of carbonyl (C=O) groups is 3. The second-order valence-corrected chi connectivity index (χ2v) is 3.96. The van der Waals surface area contributed by atoms with Crippen LogP contribution in [-0.4, -0.2) is 65.7 Å². The van der Waals surface area contributed by atoms with E-state index in [-0.39, 0.29) is 24.8 Å². The van der Waals surface area contributed by atoms with Crippen molar-refractivity contribution in [2.45, 2.75) is 19.8 Å². The van der Waals surface area contributed by atoms with Crippen molar-refractivity contribution in [1.82, 2.24) is 9.80 Å². The number of rotatable bonds is 4. The number of hydrogen-bond donors (Lipinski definition) is 1. The molecule has 1 aliphatic heterocycles. The highest BCUT2D eigenvalue weighted by Gasteiger charge is 2.24. The van der Waals surface area contributed by atoms with Gasteiger partial charge in [0.05, 0.1) is 13.0 Å². The number of carboxylic acid groups (broad SMARTS) is 1. The van der Waals surface area contributed by atoms with Gasteiger partial charge < -0.3 is 19.6 Å². The molecule has 7 heteroatoms. The summed E-state index contributed by atoms with van der Waals surface area (Å²) in [6, 6.07) is 0. The standard InChI is InChI=1S/C11H18N2O5/c1-2-18-11(17)13-7-5-12(6-8-13)9(14)3-4-10(15)16/h2-8H2,1H3,(H,15,16). The monoisotopic (exact) mass is 258 g/mol. The third kappa shape index (κ3) is 4.23. The molecule has 1 fully saturated rings.